The van der Waals surface area contributed by atoms with Gasteiger partial charge in [0.2, 0.25) is 5.91 Å². The van der Waals surface area contributed by atoms with Gasteiger partial charge in [0.1, 0.15) is 6.04 Å². The molecule has 18 heavy (non-hydrogen) atoms. The fraction of sp³-hybridized carbons (Fsp3) is 0.385. The maximum absolute atomic E-state index is 11.8. The van der Waals surface area contributed by atoms with Crippen molar-refractivity contribution in [3.05, 3.63) is 35.9 Å². The molecule has 0 aromatic heterocycles. The molecular weight excluding hydrogens is 232 g/mol. The van der Waals surface area contributed by atoms with E-state index in [2.05, 4.69) is 5.32 Å². The smallest absolute Gasteiger partial charge is 0.303 e. The van der Waals surface area contributed by atoms with Gasteiger partial charge in [0.25, 0.3) is 0 Å². The van der Waals surface area contributed by atoms with Crippen molar-refractivity contribution < 1.29 is 14.7 Å². The number of carbonyl (C=O) groups is 2. The van der Waals surface area contributed by atoms with Crippen molar-refractivity contribution in [1.82, 2.24) is 5.32 Å². The molecule has 1 aromatic rings. The van der Waals surface area contributed by atoms with Gasteiger partial charge in [-0.3, -0.25) is 9.59 Å². The molecular formula is C13H18N2O3. The maximum atomic E-state index is 11.8. The third-order valence-corrected chi connectivity index (χ3v) is 2.59. The summed E-state index contributed by atoms with van der Waals surface area (Å²) in [6.07, 6.45) is 0.0286. The molecule has 5 nitrogen and oxygen atoms in total. The molecule has 1 amide bonds. The molecule has 98 valence electrons. The number of nitrogens with one attached hydrogen (secondary N) is 1. The number of hydrogen-bond donors (Lipinski definition) is 3. The third kappa shape index (κ3) is 4.55. The number of aliphatic carboxylic acids is 1. The Morgan fingerprint density at radius 1 is 1.33 bits per heavy atom. The number of amides is 1. The lowest BCUT2D eigenvalue weighted by Crippen LogP contribution is -2.36. The van der Waals surface area contributed by atoms with Gasteiger partial charge in [-0.2, -0.15) is 0 Å². The summed E-state index contributed by atoms with van der Waals surface area (Å²) in [5.74, 6) is -1.28. The zero-order valence-corrected chi connectivity index (χ0v) is 10.3. The van der Waals surface area contributed by atoms with Crippen LogP contribution in [-0.4, -0.2) is 23.5 Å². The van der Waals surface area contributed by atoms with Crippen LogP contribution in [0.3, 0.4) is 0 Å². The summed E-state index contributed by atoms with van der Waals surface area (Å²) in [5, 5.41) is 11.3. The first kappa shape index (κ1) is 14.2. The largest absolute Gasteiger partial charge is 0.481 e. The summed E-state index contributed by atoms with van der Waals surface area (Å²) in [6, 6.07) is 8.33. The summed E-state index contributed by atoms with van der Waals surface area (Å²) in [4.78, 5) is 22.2. The Kier molecular flexibility index (Phi) is 5.32. The first-order chi connectivity index (χ1) is 8.50. The van der Waals surface area contributed by atoms with E-state index >= 15 is 0 Å². The lowest BCUT2D eigenvalue weighted by atomic mass is 10.1. The van der Waals surface area contributed by atoms with Crippen LogP contribution < -0.4 is 11.1 Å². The molecule has 0 saturated carbocycles. The van der Waals surface area contributed by atoms with Crippen LogP contribution in [0.2, 0.25) is 0 Å². The molecule has 0 heterocycles. The molecule has 2 unspecified atom stereocenters. The van der Waals surface area contributed by atoms with E-state index in [1.165, 1.54) is 0 Å². The minimum Gasteiger partial charge on any atom is -0.481 e. The van der Waals surface area contributed by atoms with Crippen molar-refractivity contribution >= 4 is 11.9 Å². The fourth-order valence-electron chi connectivity index (χ4n) is 1.57. The van der Waals surface area contributed by atoms with E-state index in [0.717, 1.165) is 5.56 Å². The Hall–Kier alpha value is -1.88. The van der Waals surface area contributed by atoms with Gasteiger partial charge < -0.3 is 16.2 Å². The van der Waals surface area contributed by atoms with E-state index in [-0.39, 0.29) is 18.2 Å². The van der Waals surface area contributed by atoms with Crippen molar-refractivity contribution in [1.29, 1.82) is 0 Å². The summed E-state index contributed by atoms with van der Waals surface area (Å²) >= 11 is 0. The molecule has 4 N–H and O–H groups in total. The molecule has 1 rings (SSSR count). The Balaban J connectivity index is 2.44. The van der Waals surface area contributed by atoms with Crippen LogP contribution in [-0.2, 0) is 9.59 Å². The topological polar surface area (TPSA) is 92.4 Å². The molecule has 0 aliphatic rings. The highest BCUT2D eigenvalue weighted by Crippen LogP contribution is 2.09. The van der Waals surface area contributed by atoms with Gasteiger partial charge in [0.05, 0.1) is 0 Å². The third-order valence-electron chi connectivity index (χ3n) is 2.59. The van der Waals surface area contributed by atoms with Crippen molar-refractivity contribution in [2.45, 2.75) is 19.4 Å². The Labute approximate surface area is 106 Å². The Bertz CT molecular complexity index is 406. The molecule has 2 atom stereocenters. The van der Waals surface area contributed by atoms with Gasteiger partial charge in [-0.05, 0) is 11.5 Å². The maximum Gasteiger partial charge on any atom is 0.303 e. The second-order valence-electron chi connectivity index (χ2n) is 4.34. The van der Waals surface area contributed by atoms with Crippen LogP contribution in [0.5, 0.6) is 0 Å². The summed E-state index contributed by atoms with van der Waals surface area (Å²) in [6.45, 7) is 2.08. The quantitative estimate of drug-likeness (QED) is 0.699. The molecule has 0 saturated heterocycles. The fourth-order valence-corrected chi connectivity index (χ4v) is 1.57. The number of rotatable bonds is 6. The number of hydrogen-bond acceptors (Lipinski definition) is 3. The minimum atomic E-state index is -0.871. The zero-order chi connectivity index (χ0) is 13.5. The number of carboxylic acid groups (broad SMARTS) is 1. The first-order valence-electron chi connectivity index (χ1n) is 5.80. The van der Waals surface area contributed by atoms with Crippen molar-refractivity contribution in [3.63, 3.8) is 0 Å². The number of benzene rings is 1. The molecule has 5 heteroatoms. The lowest BCUT2D eigenvalue weighted by Gasteiger charge is -2.14. The number of carbonyl (C=O) groups excluding carboxylic acids is 1. The predicted molar refractivity (Wildman–Crippen MR) is 67.8 cm³/mol. The van der Waals surface area contributed by atoms with Crippen LogP contribution in [0.15, 0.2) is 30.3 Å². The first-order valence-corrected chi connectivity index (χ1v) is 5.80. The van der Waals surface area contributed by atoms with Gasteiger partial charge in [0.15, 0.2) is 0 Å². The van der Waals surface area contributed by atoms with Crippen LogP contribution in [0, 0.1) is 5.92 Å². The van der Waals surface area contributed by atoms with E-state index in [0.29, 0.717) is 6.54 Å². The molecule has 0 radical (unpaired) electrons. The predicted octanol–water partition coefficient (Wildman–Crippen LogP) is 0.913. The highest BCUT2D eigenvalue weighted by Gasteiger charge is 2.16. The van der Waals surface area contributed by atoms with Crippen LogP contribution >= 0.6 is 0 Å². The molecule has 0 bridgehead atoms. The molecule has 1 aromatic carbocycles. The van der Waals surface area contributed by atoms with Gasteiger partial charge in [-0.15, -0.1) is 0 Å². The van der Waals surface area contributed by atoms with E-state index in [1.54, 1.807) is 19.1 Å². The number of carboxylic acids is 1. The average Bonchev–Trinajstić information content (AvgIpc) is 2.35. The molecule has 0 spiro atoms. The molecule has 0 aliphatic carbocycles. The van der Waals surface area contributed by atoms with E-state index in [9.17, 15) is 9.59 Å². The normalized spacial score (nSPS) is 13.7. The molecule has 0 fully saturated rings. The van der Waals surface area contributed by atoms with Gasteiger partial charge in [-0.1, -0.05) is 37.3 Å². The summed E-state index contributed by atoms with van der Waals surface area (Å²) in [5.41, 5.74) is 6.53. The van der Waals surface area contributed by atoms with Gasteiger partial charge >= 0.3 is 5.97 Å². The van der Waals surface area contributed by atoms with E-state index < -0.39 is 12.0 Å². The summed E-state index contributed by atoms with van der Waals surface area (Å²) in [7, 11) is 0. The van der Waals surface area contributed by atoms with Crippen molar-refractivity contribution in [2.75, 3.05) is 6.54 Å². The van der Waals surface area contributed by atoms with Gasteiger partial charge in [-0.25, -0.2) is 0 Å². The van der Waals surface area contributed by atoms with E-state index in [1.807, 2.05) is 18.2 Å². The Morgan fingerprint density at radius 3 is 2.50 bits per heavy atom. The standard InChI is InChI=1S/C13H18N2O3/c1-9(7-11(16)17)8-15-13(18)12(14)10-5-3-2-4-6-10/h2-6,9,12H,7-8,14H2,1H3,(H,15,18)(H,16,17). The lowest BCUT2D eigenvalue weighted by molar-refractivity contribution is -0.138. The van der Waals surface area contributed by atoms with Crippen LogP contribution in [0.1, 0.15) is 24.9 Å². The second-order valence-corrected chi connectivity index (χ2v) is 4.34. The monoisotopic (exact) mass is 250 g/mol. The van der Waals surface area contributed by atoms with Crippen molar-refractivity contribution in [3.8, 4) is 0 Å². The highest BCUT2D eigenvalue weighted by atomic mass is 16.4. The van der Waals surface area contributed by atoms with Crippen LogP contribution in [0.25, 0.3) is 0 Å². The SMILES string of the molecule is CC(CNC(=O)C(N)c1ccccc1)CC(=O)O. The van der Waals surface area contributed by atoms with Crippen molar-refractivity contribution in [2.24, 2.45) is 11.7 Å². The van der Waals surface area contributed by atoms with Gasteiger partial charge in [0, 0.05) is 13.0 Å². The second kappa shape index (κ2) is 6.76. The average molecular weight is 250 g/mol. The zero-order valence-electron chi connectivity index (χ0n) is 10.3. The Morgan fingerprint density at radius 2 is 1.94 bits per heavy atom. The number of nitrogens with two attached hydrogens (primary N) is 1. The minimum absolute atomic E-state index is 0.0286. The molecule has 0 aliphatic heterocycles. The van der Waals surface area contributed by atoms with Crippen LogP contribution in [0.4, 0.5) is 0 Å². The highest BCUT2D eigenvalue weighted by molar-refractivity contribution is 5.82. The summed E-state index contributed by atoms with van der Waals surface area (Å²) < 4.78 is 0. The van der Waals surface area contributed by atoms with E-state index in [4.69, 9.17) is 10.8 Å².